The van der Waals surface area contributed by atoms with Gasteiger partial charge in [-0.25, -0.2) is 0 Å². The first-order valence-corrected chi connectivity index (χ1v) is 5.87. The third kappa shape index (κ3) is 2.28. The van der Waals surface area contributed by atoms with E-state index in [2.05, 4.69) is 6.07 Å². The quantitative estimate of drug-likeness (QED) is 0.863. The molecule has 1 aliphatic carbocycles. The molecule has 1 fully saturated rings. The van der Waals surface area contributed by atoms with Gasteiger partial charge in [-0.3, -0.25) is 0 Å². The Morgan fingerprint density at radius 3 is 2.80 bits per heavy atom. The number of rotatable bonds is 2. The van der Waals surface area contributed by atoms with Crippen LogP contribution in [0.15, 0.2) is 29.2 Å². The molecule has 2 rings (SSSR count). The SMILES string of the molecule is N#CC1(Sc2cccc(Cl)c2)CC(O)C1. The van der Waals surface area contributed by atoms with Gasteiger partial charge in [-0.2, -0.15) is 5.26 Å². The van der Waals surface area contributed by atoms with Crippen molar-refractivity contribution in [3.8, 4) is 6.07 Å². The number of halogens is 1. The van der Waals surface area contributed by atoms with Crippen LogP contribution in [-0.4, -0.2) is 16.0 Å². The van der Waals surface area contributed by atoms with E-state index in [1.807, 2.05) is 18.2 Å². The number of aliphatic hydroxyl groups excluding tert-OH is 1. The summed E-state index contributed by atoms with van der Waals surface area (Å²) in [6.07, 6.45) is 0.762. The van der Waals surface area contributed by atoms with Gasteiger partial charge in [0.05, 0.1) is 12.2 Å². The number of hydrogen-bond donors (Lipinski definition) is 1. The molecule has 0 radical (unpaired) electrons. The van der Waals surface area contributed by atoms with E-state index in [9.17, 15) is 5.11 Å². The monoisotopic (exact) mass is 239 g/mol. The van der Waals surface area contributed by atoms with Crippen LogP contribution in [0.1, 0.15) is 12.8 Å². The summed E-state index contributed by atoms with van der Waals surface area (Å²) in [5.74, 6) is 0. The molecule has 1 N–H and O–H groups in total. The molecule has 0 heterocycles. The first-order valence-electron chi connectivity index (χ1n) is 4.67. The molecule has 0 atom stereocenters. The van der Waals surface area contributed by atoms with E-state index in [0.29, 0.717) is 17.9 Å². The fourth-order valence-corrected chi connectivity index (χ4v) is 3.29. The molecule has 0 bridgehead atoms. The van der Waals surface area contributed by atoms with Crippen molar-refractivity contribution in [1.29, 1.82) is 5.26 Å². The Balaban J connectivity index is 2.12. The Bertz CT molecular complexity index is 409. The van der Waals surface area contributed by atoms with Gasteiger partial charge in [0.25, 0.3) is 0 Å². The molecule has 1 aliphatic rings. The lowest BCUT2D eigenvalue weighted by molar-refractivity contribution is 0.0803. The average molecular weight is 240 g/mol. The van der Waals surface area contributed by atoms with Gasteiger partial charge in [-0.05, 0) is 18.2 Å². The van der Waals surface area contributed by atoms with Gasteiger partial charge in [0.15, 0.2) is 0 Å². The van der Waals surface area contributed by atoms with Crippen molar-refractivity contribution in [3.05, 3.63) is 29.3 Å². The fourth-order valence-electron chi connectivity index (χ4n) is 1.65. The predicted molar refractivity (Wildman–Crippen MR) is 60.9 cm³/mol. The maximum Gasteiger partial charge on any atom is 0.112 e. The summed E-state index contributed by atoms with van der Waals surface area (Å²) in [5.41, 5.74) is 0. The third-order valence-corrected chi connectivity index (χ3v) is 3.98. The summed E-state index contributed by atoms with van der Waals surface area (Å²) in [6, 6.07) is 9.72. The molecule has 1 aromatic rings. The van der Waals surface area contributed by atoms with Crippen molar-refractivity contribution in [1.82, 2.24) is 0 Å². The zero-order valence-corrected chi connectivity index (χ0v) is 9.55. The van der Waals surface area contributed by atoms with Crippen LogP contribution >= 0.6 is 23.4 Å². The molecule has 0 unspecified atom stereocenters. The first-order chi connectivity index (χ1) is 7.13. The van der Waals surface area contributed by atoms with Gasteiger partial charge in [-0.15, -0.1) is 11.8 Å². The topological polar surface area (TPSA) is 44.0 Å². The molecule has 15 heavy (non-hydrogen) atoms. The first kappa shape index (κ1) is 10.8. The molecule has 1 aromatic carbocycles. The van der Waals surface area contributed by atoms with Crippen LogP contribution in [-0.2, 0) is 0 Å². The molecule has 2 nitrogen and oxygen atoms in total. The predicted octanol–water partition coefficient (Wildman–Crippen LogP) is 2.85. The number of nitrogens with zero attached hydrogens (tertiary/aromatic N) is 1. The molecule has 0 aromatic heterocycles. The van der Waals surface area contributed by atoms with Crippen LogP contribution in [0, 0.1) is 11.3 Å². The minimum atomic E-state index is -0.454. The summed E-state index contributed by atoms with van der Waals surface area (Å²) in [5, 5.41) is 19.0. The van der Waals surface area contributed by atoms with E-state index >= 15 is 0 Å². The lowest BCUT2D eigenvalue weighted by Gasteiger charge is -2.38. The molecule has 1 saturated carbocycles. The van der Waals surface area contributed by atoms with E-state index in [1.165, 1.54) is 11.8 Å². The zero-order chi connectivity index (χ0) is 10.9. The van der Waals surface area contributed by atoms with Gasteiger partial charge < -0.3 is 5.11 Å². The highest BCUT2D eigenvalue weighted by molar-refractivity contribution is 8.01. The molecular formula is C11H10ClNOS. The van der Waals surface area contributed by atoms with Crippen LogP contribution in [0.3, 0.4) is 0 Å². The molecule has 4 heteroatoms. The molecule has 0 spiro atoms. The van der Waals surface area contributed by atoms with Crippen molar-refractivity contribution < 1.29 is 5.11 Å². The lowest BCUT2D eigenvalue weighted by atomic mass is 9.82. The Morgan fingerprint density at radius 1 is 1.53 bits per heavy atom. The van der Waals surface area contributed by atoms with Gasteiger partial charge in [0, 0.05) is 22.8 Å². The van der Waals surface area contributed by atoms with Gasteiger partial charge in [-0.1, -0.05) is 17.7 Å². The van der Waals surface area contributed by atoms with Crippen molar-refractivity contribution in [2.24, 2.45) is 0 Å². The van der Waals surface area contributed by atoms with Gasteiger partial charge >= 0.3 is 0 Å². The van der Waals surface area contributed by atoms with Crippen LogP contribution in [0.2, 0.25) is 5.02 Å². The molecule has 0 aliphatic heterocycles. The van der Waals surface area contributed by atoms with E-state index in [-0.39, 0.29) is 6.10 Å². The minimum Gasteiger partial charge on any atom is -0.393 e. The third-order valence-electron chi connectivity index (χ3n) is 2.44. The summed E-state index contributed by atoms with van der Waals surface area (Å²) in [6.45, 7) is 0. The maximum absolute atomic E-state index is 9.26. The molecule has 78 valence electrons. The number of aliphatic hydroxyl groups is 1. The Kier molecular flexibility index (Phi) is 2.92. The summed E-state index contributed by atoms with van der Waals surface area (Å²) in [7, 11) is 0. The van der Waals surface area contributed by atoms with Gasteiger partial charge in [0.2, 0.25) is 0 Å². The minimum absolute atomic E-state index is 0.323. The highest BCUT2D eigenvalue weighted by Gasteiger charge is 2.45. The molecule has 0 saturated heterocycles. The summed E-state index contributed by atoms with van der Waals surface area (Å²) >= 11 is 7.35. The maximum atomic E-state index is 9.26. The van der Waals surface area contributed by atoms with Crippen molar-refractivity contribution in [2.75, 3.05) is 0 Å². The van der Waals surface area contributed by atoms with E-state index in [1.54, 1.807) is 6.07 Å². The number of hydrogen-bond acceptors (Lipinski definition) is 3. The second-order valence-corrected chi connectivity index (χ2v) is 5.62. The Labute approximate surface area is 97.9 Å². The van der Waals surface area contributed by atoms with Crippen molar-refractivity contribution >= 4 is 23.4 Å². The second-order valence-electron chi connectivity index (χ2n) is 3.73. The summed E-state index contributed by atoms with van der Waals surface area (Å²) < 4.78 is -0.454. The Hall–Kier alpha value is -0.690. The molecular weight excluding hydrogens is 230 g/mol. The lowest BCUT2D eigenvalue weighted by Crippen LogP contribution is -2.43. The highest BCUT2D eigenvalue weighted by atomic mass is 35.5. The normalized spacial score (nSPS) is 29.3. The van der Waals surface area contributed by atoms with Gasteiger partial charge in [0.1, 0.15) is 4.75 Å². The largest absolute Gasteiger partial charge is 0.393 e. The zero-order valence-electron chi connectivity index (χ0n) is 7.98. The van der Waals surface area contributed by atoms with Crippen LogP contribution < -0.4 is 0 Å². The number of benzene rings is 1. The van der Waals surface area contributed by atoms with Crippen molar-refractivity contribution in [2.45, 2.75) is 28.6 Å². The average Bonchev–Trinajstić information content (AvgIpc) is 2.15. The fraction of sp³-hybridized carbons (Fsp3) is 0.364. The highest BCUT2D eigenvalue weighted by Crippen LogP contribution is 2.47. The molecule has 0 amide bonds. The second kappa shape index (κ2) is 4.05. The van der Waals surface area contributed by atoms with Crippen LogP contribution in [0.4, 0.5) is 0 Å². The van der Waals surface area contributed by atoms with E-state index in [0.717, 1.165) is 4.90 Å². The standard InChI is InChI=1S/C11H10ClNOS/c12-8-2-1-3-10(4-8)15-11(7-13)5-9(14)6-11/h1-4,9,14H,5-6H2. The van der Waals surface area contributed by atoms with Crippen molar-refractivity contribution in [3.63, 3.8) is 0 Å². The Morgan fingerprint density at radius 2 is 2.27 bits per heavy atom. The van der Waals surface area contributed by atoms with Crippen LogP contribution in [0.5, 0.6) is 0 Å². The van der Waals surface area contributed by atoms with E-state index < -0.39 is 4.75 Å². The number of nitriles is 1. The van der Waals surface area contributed by atoms with E-state index in [4.69, 9.17) is 16.9 Å². The smallest absolute Gasteiger partial charge is 0.112 e. The summed E-state index contributed by atoms with van der Waals surface area (Å²) in [4.78, 5) is 0.982. The number of thioether (sulfide) groups is 1. The van der Waals surface area contributed by atoms with Crippen LogP contribution in [0.25, 0.3) is 0 Å².